The molecule has 0 bridgehead atoms. The summed E-state index contributed by atoms with van der Waals surface area (Å²) in [6.07, 6.45) is 1.50. The third-order valence-electron chi connectivity index (χ3n) is 3.74. The topological polar surface area (TPSA) is 52.6 Å². The van der Waals surface area contributed by atoms with Crippen molar-refractivity contribution in [1.29, 1.82) is 0 Å². The molecule has 1 aliphatic heterocycles. The van der Waals surface area contributed by atoms with Crippen LogP contribution >= 0.6 is 11.6 Å². The van der Waals surface area contributed by atoms with Gasteiger partial charge in [-0.3, -0.25) is 9.59 Å². The number of rotatable bonds is 3. The summed E-state index contributed by atoms with van der Waals surface area (Å²) in [7, 11) is 0. The number of esters is 1. The minimum atomic E-state index is -0.554. The van der Waals surface area contributed by atoms with Crippen LogP contribution in [0.5, 0.6) is 11.5 Å². The Kier molecular flexibility index (Phi) is 4.59. The fourth-order valence-electron chi connectivity index (χ4n) is 2.52. The molecule has 1 heterocycles. The van der Waals surface area contributed by atoms with Crippen molar-refractivity contribution in [2.24, 2.45) is 0 Å². The van der Waals surface area contributed by atoms with Crippen LogP contribution in [0.3, 0.4) is 0 Å². The number of hydrogen-bond acceptors (Lipinski definition) is 4. The molecule has 6 heteroatoms. The molecule has 0 aliphatic carbocycles. The highest BCUT2D eigenvalue weighted by Crippen LogP contribution is 2.38. The lowest BCUT2D eigenvalue weighted by Gasteiger charge is -2.06. The third-order valence-corrected chi connectivity index (χ3v) is 4.07. The largest absolute Gasteiger partial charge is 0.452 e. The number of ketones is 1. The zero-order valence-electron chi connectivity index (χ0n) is 13.6. The number of aryl methyl sites for hydroxylation is 1. The molecule has 0 N–H and O–H groups in total. The van der Waals surface area contributed by atoms with E-state index in [1.165, 1.54) is 30.3 Å². The van der Waals surface area contributed by atoms with Crippen molar-refractivity contribution in [3.05, 3.63) is 63.6 Å². The number of Topliss-reactive ketones (excluding diaryl/α,β-unsaturated/α-hetero) is 1. The molecule has 3 rings (SSSR count). The molecule has 1 aliphatic rings. The van der Waals surface area contributed by atoms with Crippen LogP contribution < -0.4 is 9.47 Å². The van der Waals surface area contributed by atoms with E-state index in [-0.39, 0.29) is 34.3 Å². The monoisotopic (exact) mass is 360 g/mol. The molecule has 0 saturated carbocycles. The highest BCUT2D eigenvalue weighted by molar-refractivity contribution is 6.32. The van der Waals surface area contributed by atoms with E-state index in [0.717, 1.165) is 0 Å². The molecule has 0 atom stereocenters. The van der Waals surface area contributed by atoms with E-state index in [2.05, 4.69) is 0 Å². The molecule has 4 nitrogen and oxygen atoms in total. The smallest absolute Gasteiger partial charge is 0.310 e. The van der Waals surface area contributed by atoms with Gasteiger partial charge in [0.25, 0.3) is 0 Å². The Bertz CT molecular complexity index is 898. The van der Waals surface area contributed by atoms with Gasteiger partial charge in [0.2, 0.25) is 5.78 Å². The molecule has 2 aromatic rings. The average molecular weight is 361 g/mol. The SMILES string of the molecule is CCC(=O)Oc1cc(C)c2c(c1)O/C(=C\c1c(F)cccc1Cl)C2=O. The third kappa shape index (κ3) is 3.28. The Hall–Kier alpha value is -2.66. The van der Waals surface area contributed by atoms with Crippen LogP contribution in [0.1, 0.15) is 34.8 Å². The van der Waals surface area contributed by atoms with Crippen LogP contribution in [0.25, 0.3) is 6.08 Å². The Morgan fingerprint density at radius 1 is 1.36 bits per heavy atom. The van der Waals surface area contributed by atoms with Gasteiger partial charge < -0.3 is 9.47 Å². The van der Waals surface area contributed by atoms with Crippen molar-refractivity contribution in [2.75, 3.05) is 0 Å². The zero-order valence-corrected chi connectivity index (χ0v) is 14.3. The molecule has 0 unspecified atom stereocenters. The number of benzene rings is 2. The Balaban J connectivity index is 2.00. The summed E-state index contributed by atoms with van der Waals surface area (Å²) in [6.45, 7) is 3.39. The van der Waals surface area contributed by atoms with Crippen molar-refractivity contribution >= 4 is 29.4 Å². The minimum absolute atomic E-state index is 0.0379. The summed E-state index contributed by atoms with van der Waals surface area (Å²) in [5.74, 6) is -0.799. The van der Waals surface area contributed by atoms with Crippen LogP contribution in [0.15, 0.2) is 36.1 Å². The molecule has 0 fully saturated rings. The standard InChI is InChI=1S/C19H14ClFO4/c1-3-17(22)24-11-7-10(2)18-15(8-11)25-16(19(18)23)9-12-13(20)5-4-6-14(12)21/h4-9H,3H2,1-2H3/b16-9-. The maximum Gasteiger partial charge on any atom is 0.310 e. The summed E-state index contributed by atoms with van der Waals surface area (Å²) in [6, 6.07) is 7.31. The maximum absolute atomic E-state index is 13.9. The lowest BCUT2D eigenvalue weighted by molar-refractivity contribution is -0.134. The number of halogens is 2. The highest BCUT2D eigenvalue weighted by Gasteiger charge is 2.30. The van der Waals surface area contributed by atoms with Gasteiger partial charge in [-0.2, -0.15) is 0 Å². The second-order valence-corrected chi connectivity index (χ2v) is 5.92. The average Bonchev–Trinajstić information content (AvgIpc) is 2.87. The number of carbonyl (C=O) groups excluding carboxylic acids is 2. The van der Waals surface area contributed by atoms with Crippen molar-refractivity contribution in [2.45, 2.75) is 20.3 Å². The van der Waals surface area contributed by atoms with E-state index in [1.54, 1.807) is 19.9 Å². The molecule has 0 saturated heterocycles. The minimum Gasteiger partial charge on any atom is -0.452 e. The second-order valence-electron chi connectivity index (χ2n) is 5.52. The van der Waals surface area contributed by atoms with Gasteiger partial charge in [0, 0.05) is 18.1 Å². The van der Waals surface area contributed by atoms with E-state index < -0.39 is 11.8 Å². The van der Waals surface area contributed by atoms with Crippen LogP contribution in [-0.2, 0) is 4.79 Å². The van der Waals surface area contributed by atoms with E-state index in [0.29, 0.717) is 16.9 Å². The van der Waals surface area contributed by atoms with Crippen LogP contribution in [-0.4, -0.2) is 11.8 Å². The normalized spacial score (nSPS) is 14.4. The Morgan fingerprint density at radius 2 is 2.12 bits per heavy atom. The highest BCUT2D eigenvalue weighted by atomic mass is 35.5. The number of hydrogen-bond donors (Lipinski definition) is 0. The molecular formula is C19H14ClFO4. The van der Waals surface area contributed by atoms with Gasteiger partial charge in [-0.1, -0.05) is 24.6 Å². The maximum atomic E-state index is 13.9. The van der Waals surface area contributed by atoms with Gasteiger partial charge in [0.15, 0.2) is 5.76 Å². The molecule has 0 amide bonds. The molecule has 2 aromatic carbocycles. The first-order valence-electron chi connectivity index (χ1n) is 7.64. The molecule has 25 heavy (non-hydrogen) atoms. The Morgan fingerprint density at radius 3 is 2.80 bits per heavy atom. The van der Waals surface area contributed by atoms with Crippen molar-refractivity contribution in [1.82, 2.24) is 0 Å². The second kappa shape index (κ2) is 6.69. The quantitative estimate of drug-likeness (QED) is 0.451. The predicted octanol–water partition coefficient (Wildman–Crippen LogP) is 4.72. The number of carbonyl (C=O) groups is 2. The van der Waals surface area contributed by atoms with Gasteiger partial charge >= 0.3 is 5.97 Å². The van der Waals surface area contributed by atoms with E-state index in [4.69, 9.17) is 21.1 Å². The van der Waals surface area contributed by atoms with Crippen molar-refractivity contribution in [3.8, 4) is 11.5 Å². The molecule has 0 radical (unpaired) electrons. The molecular weight excluding hydrogens is 347 g/mol. The van der Waals surface area contributed by atoms with Gasteiger partial charge in [0.1, 0.15) is 17.3 Å². The van der Waals surface area contributed by atoms with Crippen molar-refractivity contribution in [3.63, 3.8) is 0 Å². The first-order chi connectivity index (χ1) is 11.9. The summed E-state index contributed by atoms with van der Waals surface area (Å²) < 4.78 is 24.7. The van der Waals surface area contributed by atoms with Gasteiger partial charge in [-0.15, -0.1) is 0 Å². The summed E-state index contributed by atoms with van der Waals surface area (Å²) in [4.78, 5) is 24.0. The van der Waals surface area contributed by atoms with Gasteiger partial charge in [-0.25, -0.2) is 4.39 Å². The number of ether oxygens (including phenoxy) is 2. The van der Waals surface area contributed by atoms with Gasteiger partial charge in [-0.05, 0) is 36.8 Å². The molecule has 128 valence electrons. The lowest BCUT2D eigenvalue weighted by atomic mass is 10.0. The molecule has 0 spiro atoms. The van der Waals surface area contributed by atoms with Crippen LogP contribution in [0.2, 0.25) is 5.02 Å². The number of allylic oxidation sites excluding steroid dienone is 1. The van der Waals surface area contributed by atoms with Crippen LogP contribution in [0, 0.1) is 12.7 Å². The van der Waals surface area contributed by atoms with E-state index in [1.807, 2.05) is 0 Å². The number of fused-ring (bicyclic) bond motifs is 1. The summed E-state index contributed by atoms with van der Waals surface area (Å²) in [5, 5.41) is 0.175. The fourth-order valence-corrected chi connectivity index (χ4v) is 2.74. The van der Waals surface area contributed by atoms with E-state index >= 15 is 0 Å². The first kappa shape index (κ1) is 17.2. The zero-order chi connectivity index (χ0) is 18.1. The summed E-state index contributed by atoms with van der Waals surface area (Å²) in [5.41, 5.74) is 1.04. The van der Waals surface area contributed by atoms with Crippen LogP contribution in [0.4, 0.5) is 4.39 Å². The fraction of sp³-hybridized carbons (Fsp3) is 0.158. The molecule has 0 aromatic heterocycles. The summed E-state index contributed by atoms with van der Waals surface area (Å²) >= 11 is 5.99. The predicted molar refractivity (Wildman–Crippen MR) is 91.5 cm³/mol. The lowest BCUT2D eigenvalue weighted by Crippen LogP contribution is -2.06. The van der Waals surface area contributed by atoms with E-state index in [9.17, 15) is 14.0 Å². The van der Waals surface area contributed by atoms with Crippen molar-refractivity contribution < 1.29 is 23.5 Å². The van der Waals surface area contributed by atoms with Gasteiger partial charge in [0.05, 0.1) is 10.6 Å². The Labute approximate surface area is 148 Å². The first-order valence-corrected chi connectivity index (χ1v) is 8.02.